The van der Waals surface area contributed by atoms with Gasteiger partial charge in [-0.25, -0.2) is 4.79 Å². The van der Waals surface area contributed by atoms with Gasteiger partial charge in [-0.1, -0.05) is 0 Å². The van der Waals surface area contributed by atoms with Crippen LogP contribution in [-0.4, -0.2) is 34.1 Å². The van der Waals surface area contributed by atoms with Gasteiger partial charge in [0.2, 0.25) is 0 Å². The van der Waals surface area contributed by atoms with E-state index in [9.17, 15) is 19.5 Å². The number of aliphatic carboxylic acids is 1. The fourth-order valence-corrected chi connectivity index (χ4v) is 5.82. The molecule has 0 aromatic rings. The van der Waals surface area contributed by atoms with Gasteiger partial charge in [-0.05, 0) is 90.4 Å². The zero-order chi connectivity index (χ0) is 20.2. The highest BCUT2D eigenvalue weighted by Crippen LogP contribution is 2.63. The molecule has 0 heterocycles. The number of hydrogen-bond donors (Lipinski definition) is 2. The van der Waals surface area contributed by atoms with Crippen LogP contribution in [0.5, 0.6) is 0 Å². The summed E-state index contributed by atoms with van der Waals surface area (Å²) >= 11 is 0. The van der Waals surface area contributed by atoms with Crippen LogP contribution in [-0.2, 0) is 14.3 Å². The van der Waals surface area contributed by atoms with Gasteiger partial charge < -0.3 is 15.2 Å². The lowest BCUT2D eigenvalue weighted by molar-refractivity contribution is -0.171. The Labute approximate surface area is 161 Å². The van der Waals surface area contributed by atoms with Gasteiger partial charge in [-0.3, -0.25) is 9.59 Å². The van der Waals surface area contributed by atoms with Crippen LogP contribution >= 0.6 is 0 Å². The van der Waals surface area contributed by atoms with Gasteiger partial charge in [0, 0.05) is 6.42 Å². The lowest BCUT2D eigenvalue weighted by atomic mass is 9.45. The van der Waals surface area contributed by atoms with Crippen molar-refractivity contribution in [1.82, 2.24) is 5.32 Å². The topological polar surface area (TPSA) is 92.7 Å². The molecule has 2 unspecified atom stereocenters. The van der Waals surface area contributed by atoms with Crippen LogP contribution in [0.2, 0.25) is 0 Å². The van der Waals surface area contributed by atoms with Crippen LogP contribution in [0, 0.1) is 29.1 Å². The summed E-state index contributed by atoms with van der Waals surface area (Å²) in [5.41, 5.74) is -2.17. The SMILES string of the molecule is CC(C)(C)OC(=O)NC(C)(C)C(=O)CC1C2CC3CC1CC(C(=O)O)(C3)C2. The van der Waals surface area contributed by atoms with E-state index in [0.29, 0.717) is 37.0 Å². The number of hydrogen-bond acceptors (Lipinski definition) is 4. The average Bonchev–Trinajstić information content (AvgIpc) is 2.47. The van der Waals surface area contributed by atoms with E-state index in [1.807, 2.05) is 0 Å². The lowest BCUT2D eigenvalue weighted by Gasteiger charge is -2.58. The molecule has 27 heavy (non-hydrogen) atoms. The third-order valence-electron chi connectivity index (χ3n) is 6.85. The maximum atomic E-state index is 13.0. The Morgan fingerprint density at radius 1 is 1.04 bits per heavy atom. The first-order valence-corrected chi connectivity index (χ1v) is 10.1. The van der Waals surface area contributed by atoms with E-state index in [4.69, 9.17) is 4.74 Å². The van der Waals surface area contributed by atoms with Gasteiger partial charge in [0.1, 0.15) is 5.60 Å². The molecular formula is C21H33NO5. The Morgan fingerprint density at radius 3 is 2.07 bits per heavy atom. The highest BCUT2D eigenvalue weighted by Gasteiger charge is 2.59. The smallest absolute Gasteiger partial charge is 0.408 e. The number of amides is 1. The van der Waals surface area contributed by atoms with Crippen molar-refractivity contribution in [3.63, 3.8) is 0 Å². The number of rotatable bonds is 5. The first-order valence-electron chi connectivity index (χ1n) is 10.1. The van der Waals surface area contributed by atoms with Crippen LogP contribution in [0.15, 0.2) is 0 Å². The minimum atomic E-state index is -0.999. The number of ether oxygens (including phenoxy) is 1. The molecule has 1 amide bonds. The third kappa shape index (κ3) is 3.99. The summed E-state index contributed by atoms with van der Waals surface area (Å²) in [6, 6.07) is 0. The number of Topliss-reactive ketones (excluding diaryl/α,β-unsaturated/α-hetero) is 1. The number of nitrogens with one attached hydrogen (secondary N) is 1. The van der Waals surface area contributed by atoms with Crippen molar-refractivity contribution in [1.29, 1.82) is 0 Å². The lowest BCUT2D eigenvalue weighted by Crippen LogP contribution is -2.56. The molecule has 0 spiro atoms. The quantitative estimate of drug-likeness (QED) is 0.758. The summed E-state index contributed by atoms with van der Waals surface area (Å²) in [7, 11) is 0. The molecule has 2 N–H and O–H groups in total. The molecule has 0 aromatic heterocycles. The van der Waals surface area contributed by atoms with E-state index >= 15 is 0 Å². The molecule has 4 rings (SSSR count). The van der Waals surface area contributed by atoms with Crippen molar-refractivity contribution in [2.75, 3.05) is 0 Å². The summed E-state index contributed by atoms with van der Waals surface area (Å²) < 4.78 is 5.28. The Balaban J connectivity index is 1.65. The molecule has 2 atom stereocenters. The van der Waals surface area contributed by atoms with Crippen LogP contribution in [0.1, 0.15) is 73.1 Å². The van der Waals surface area contributed by atoms with Crippen molar-refractivity contribution in [3.05, 3.63) is 0 Å². The maximum Gasteiger partial charge on any atom is 0.408 e. The van der Waals surface area contributed by atoms with Crippen molar-refractivity contribution in [2.24, 2.45) is 29.1 Å². The van der Waals surface area contributed by atoms with Crippen molar-refractivity contribution in [2.45, 2.75) is 84.3 Å². The monoisotopic (exact) mass is 379 g/mol. The van der Waals surface area contributed by atoms with Crippen molar-refractivity contribution >= 4 is 17.8 Å². The van der Waals surface area contributed by atoms with Crippen LogP contribution in [0.4, 0.5) is 4.79 Å². The second-order valence-corrected chi connectivity index (χ2v) is 10.6. The summed E-state index contributed by atoms with van der Waals surface area (Å²) in [6.45, 7) is 8.79. The van der Waals surface area contributed by atoms with Gasteiger partial charge >= 0.3 is 12.1 Å². The molecule has 4 aliphatic rings. The van der Waals surface area contributed by atoms with E-state index in [2.05, 4.69) is 5.32 Å². The maximum absolute atomic E-state index is 13.0. The van der Waals surface area contributed by atoms with E-state index in [0.717, 1.165) is 19.3 Å². The molecule has 152 valence electrons. The molecule has 6 heteroatoms. The van der Waals surface area contributed by atoms with Crippen molar-refractivity contribution in [3.8, 4) is 0 Å². The third-order valence-corrected chi connectivity index (χ3v) is 6.85. The number of ketones is 1. The molecule has 0 saturated heterocycles. The van der Waals surface area contributed by atoms with E-state index < -0.39 is 28.6 Å². The number of carboxylic acids is 1. The second kappa shape index (κ2) is 6.49. The molecule has 0 aliphatic heterocycles. The normalized spacial score (nSPS) is 35.0. The zero-order valence-corrected chi connectivity index (χ0v) is 17.1. The summed E-state index contributed by atoms with van der Waals surface area (Å²) in [6.07, 6.45) is 4.12. The molecular weight excluding hydrogens is 346 g/mol. The number of carboxylic acid groups (broad SMARTS) is 1. The molecule has 6 nitrogen and oxygen atoms in total. The average molecular weight is 379 g/mol. The number of carbonyl (C=O) groups excluding carboxylic acids is 2. The summed E-state index contributed by atoms with van der Waals surface area (Å²) in [4.78, 5) is 36.9. The fourth-order valence-electron chi connectivity index (χ4n) is 5.82. The number of carbonyl (C=O) groups is 3. The molecule has 4 bridgehead atoms. The predicted molar refractivity (Wildman–Crippen MR) is 100 cm³/mol. The van der Waals surface area contributed by atoms with Gasteiger partial charge in [-0.15, -0.1) is 0 Å². The highest BCUT2D eigenvalue weighted by molar-refractivity contribution is 5.91. The van der Waals surface area contributed by atoms with Gasteiger partial charge in [0.25, 0.3) is 0 Å². The summed E-state index contributed by atoms with van der Waals surface area (Å²) in [5.74, 6) is 0.704. The molecule has 0 aromatic carbocycles. The van der Waals surface area contributed by atoms with E-state index in [-0.39, 0.29) is 11.7 Å². The first-order chi connectivity index (χ1) is 12.3. The minimum Gasteiger partial charge on any atom is -0.481 e. The molecule has 0 radical (unpaired) electrons. The number of alkyl carbamates (subject to hydrolysis) is 1. The largest absolute Gasteiger partial charge is 0.481 e. The Bertz CT molecular complexity index is 631. The van der Waals surface area contributed by atoms with E-state index in [1.165, 1.54) is 0 Å². The van der Waals surface area contributed by atoms with E-state index in [1.54, 1.807) is 34.6 Å². The summed E-state index contributed by atoms with van der Waals surface area (Å²) in [5, 5.41) is 12.4. The standard InChI is InChI=1S/C21H33NO5/c1-19(2,3)27-18(26)22-20(4,5)16(23)8-15-13-6-12-7-14(15)11-21(9-12,10-13)17(24)25/h12-15H,6-11H2,1-5H3,(H,22,26)(H,24,25). The fraction of sp³-hybridized carbons (Fsp3) is 0.857. The van der Waals surface area contributed by atoms with Gasteiger partial charge in [-0.2, -0.15) is 0 Å². The molecule has 4 fully saturated rings. The van der Waals surface area contributed by atoms with Crippen LogP contribution in [0.3, 0.4) is 0 Å². The predicted octanol–water partition coefficient (Wildman–Crippen LogP) is 3.78. The Morgan fingerprint density at radius 2 is 1.59 bits per heavy atom. The molecule has 4 saturated carbocycles. The Kier molecular flexibility index (Phi) is 4.84. The minimum absolute atomic E-state index is 0.00444. The first kappa shape index (κ1) is 20.2. The Hall–Kier alpha value is -1.59. The molecule has 4 aliphatic carbocycles. The second-order valence-electron chi connectivity index (χ2n) is 10.6. The van der Waals surface area contributed by atoms with Crippen LogP contribution < -0.4 is 5.32 Å². The van der Waals surface area contributed by atoms with Gasteiger partial charge in [0.15, 0.2) is 5.78 Å². The van der Waals surface area contributed by atoms with Gasteiger partial charge in [0.05, 0.1) is 11.0 Å². The van der Waals surface area contributed by atoms with Crippen LogP contribution in [0.25, 0.3) is 0 Å². The van der Waals surface area contributed by atoms with Crippen molar-refractivity contribution < 1.29 is 24.2 Å². The highest BCUT2D eigenvalue weighted by atomic mass is 16.6. The zero-order valence-electron chi connectivity index (χ0n) is 17.1.